The minimum Gasteiger partial charge on any atom is -0.481 e. The predicted octanol–water partition coefficient (Wildman–Crippen LogP) is 1.14. The largest absolute Gasteiger partial charge is 0.481 e. The van der Waals surface area contributed by atoms with E-state index in [9.17, 15) is 12.8 Å². The van der Waals surface area contributed by atoms with E-state index in [1.165, 1.54) is 30.7 Å². The first-order valence-electron chi connectivity index (χ1n) is 7.92. The molecular weight excluding hydrogens is 363 g/mol. The van der Waals surface area contributed by atoms with Gasteiger partial charge in [0.1, 0.15) is 11.6 Å². The van der Waals surface area contributed by atoms with Crippen LogP contribution in [0.3, 0.4) is 0 Å². The molecule has 0 bridgehead atoms. The first kappa shape index (κ1) is 18.3. The molecule has 0 saturated carbocycles. The Labute approximate surface area is 151 Å². The Kier molecular flexibility index (Phi) is 5.23. The van der Waals surface area contributed by atoms with Gasteiger partial charge in [-0.25, -0.2) is 12.8 Å². The van der Waals surface area contributed by atoms with Crippen LogP contribution < -0.4 is 14.4 Å². The third-order valence-corrected chi connectivity index (χ3v) is 5.99. The molecular formula is C16H19FN4O4S. The minimum atomic E-state index is -3.65. The van der Waals surface area contributed by atoms with E-state index in [4.69, 9.17) is 9.47 Å². The summed E-state index contributed by atoms with van der Waals surface area (Å²) in [5, 5.41) is 0. The minimum absolute atomic E-state index is 0.0812. The van der Waals surface area contributed by atoms with Crippen molar-refractivity contribution in [2.75, 3.05) is 45.3 Å². The van der Waals surface area contributed by atoms with Gasteiger partial charge in [0.2, 0.25) is 15.9 Å². The Morgan fingerprint density at radius 2 is 1.65 bits per heavy atom. The second-order valence-corrected chi connectivity index (χ2v) is 7.54. The summed E-state index contributed by atoms with van der Waals surface area (Å²) in [4.78, 5) is 10.3. The van der Waals surface area contributed by atoms with Crippen LogP contribution in [0.2, 0.25) is 0 Å². The van der Waals surface area contributed by atoms with Crippen LogP contribution >= 0.6 is 0 Å². The van der Waals surface area contributed by atoms with Crippen molar-refractivity contribution in [3.63, 3.8) is 0 Å². The molecule has 0 N–H and O–H groups in total. The summed E-state index contributed by atoms with van der Waals surface area (Å²) in [6.07, 6.45) is 0. The van der Waals surface area contributed by atoms with Crippen molar-refractivity contribution in [1.82, 2.24) is 14.3 Å². The number of aromatic nitrogens is 2. The summed E-state index contributed by atoms with van der Waals surface area (Å²) in [7, 11) is -0.689. The number of sulfonamides is 1. The van der Waals surface area contributed by atoms with Crippen molar-refractivity contribution in [3.8, 4) is 11.9 Å². The lowest BCUT2D eigenvalue weighted by Crippen LogP contribution is -2.48. The number of rotatable bonds is 5. The molecule has 1 fully saturated rings. The van der Waals surface area contributed by atoms with E-state index < -0.39 is 15.8 Å². The lowest BCUT2D eigenvalue weighted by atomic mass is 10.3. The number of ether oxygens (including phenoxy) is 2. The number of hydrogen-bond acceptors (Lipinski definition) is 7. The summed E-state index contributed by atoms with van der Waals surface area (Å²) < 4.78 is 49.9. The average Bonchev–Trinajstić information content (AvgIpc) is 2.68. The van der Waals surface area contributed by atoms with Crippen LogP contribution in [0.25, 0.3) is 0 Å². The van der Waals surface area contributed by atoms with E-state index in [-0.39, 0.29) is 24.0 Å². The molecule has 0 amide bonds. The van der Waals surface area contributed by atoms with Gasteiger partial charge in [-0.1, -0.05) is 0 Å². The molecule has 2 aromatic rings. The van der Waals surface area contributed by atoms with Crippen molar-refractivity contribution < 1.29 is 22.3 Å². The van der Waals surface area contributed by atoms with Crippen molar-refractivity contribution in [1.29, 1.82) is 0 Å². The Bertz CT molecular complexity index is 846. The van der Waals surface area contributed by atoms with Gasteiger partial charge in [-0.05, 0) is 24.3 Å². The van der Waals surface area contributed by atoms with Crippen LogP contribution in [0.15, 0.2) is 35.2 Å². The van der Waals surface area contributed by atoms with Gasteiger partial charge in [0.05, 0.1) is 19.1 Å². The lowest BCUT2D eigenvalue weighted by molar-refractivity contribution is 0.349. The maximum absolute atomic E-state index is 13.0. The molecule has 0 spiro atoms. The predicted molar refractivity (Wildman–Crippen MR) is 92.5 cm³/mol. The standard InChI is InChI=1S/C16H19FN4O4S/c1-24-15-11-14(18-16(19-15)25-2)20-7-9-21(10-8-20)26(22,23)13-5-3-12(17)4-6-13/h3-6,11H,7-10H2,1-2H3. The zero-order valence-electron chi connectivity index (χ0n) is 14.4. The van der Waals surface area contributed by atoms with Gasteiger partial charge in [0.15, 0.2) is 0 Å². The fourth-order valence-corrected chi connectivity index (χ4v) is 4.09. The molecule has 1 aromatic carbocycles. The number of benzene rings is 1. The van der Waals surface area contributed by atoms with Gasteiger partial charge >= 0.3 is 6.01 Å². The van der Waals surface area contributed by atoms with E-state index >= 15 is 0 Å². The van der Waals surface area contributed by atoms with E-state index in [1.807, 2.05) is 4.90 Å². The molecule has 8 nitrogen and oxygen atoms in total. The van der Waals surface area contributed by atoms with Crippen LogP contribution in [0, 0.1) is 5.82 Å². The molecule has 10 heteroatoms. The molecule has 1 aliphatic rings. The van der Waals surface area contributed by atoms with Gasteiger partial charge in [-0.3, -0.25) is 0 Å². The smallest absolute Gasteiger partial charge is 0.321 e. The van der Waals surface area contributed by atoms with Crippen LogP contribution in [-0.2, 0) is 10.0 Å². The molecule has 1 saturated heterocycles. The Hall–Kier alpha value is -2.46. The molecule has 140 valence electrons. The monoisotopic (exact) mass is 382 g/mol. The zero-order valence-corrected chi connectivity index (χ0v) is 15.2. The van der Waals surface area contributed by atoms with Crippen LogP contribution in [0.5, 0.6) is 11.9 Å². The maximum atomic E-state index is 13.0. The van der Waals surface area contributed by atoms with Gasteiger partial charge in [0, 0.05) is 32.2 Å². The van der Waals surface area contributed by atoms with E-state index in [1.54, 1.807) is 6.07 Å². The fraction of sp³-hybridized carbons (Fsp3) is 0.375. The van der Waals surface area contributed by atoms with Crippen molar-refractivity contribution >= 4 is 15.8 Å². The first-order valence-corrected chi connectivity index (χ1v) is 9.36. The molecule has 0 unspecified atom stereocenters. The molecule has 26 heavy (non-hydrogen) atoms. The third kappa shape index (κ3) is 3.70. The molecule has 1 aromatic heterocycles. The summed E-state index contributed by atoms with van der Waals surface area (Å²) in [6.45, 7) is 1.47. The number of anilines is 1. The molecule has 1 aliphatic heterocycles. The third-order valence-electron chi connectivity index (χ3n) is 4.07. The fourth-order valence-electron chi connectivity index (χ4n) is 2.66. The van der Waals surface area contributed by atoms with E-state index in [0.29, 0.717) is 24.8 Å². The normalized spacial score (nSPS) is 15.7. The molecule has 2 heterocycles. The highest BCUT2D eigenvalue weighted by atomic mass is 32.2. The number of nitrogens with zero attached hydrogens (tertiary/aromatic N) is 4. The molecule has 0 aliphatic carbocycles. The number of piperazine rings is 1. The Balaban J connectivity index is 1.74. The topological polar surface area (TPSA) is 84.9 Å². The quantitative estimate of drug-likeness (QED) is 0.767. The summed E-state index contributed by atoms with van der Waals surface area (Å²) >= 11 is 0. The zero-order chi connectivity index (χ0) is 18.7. The van der Waals surface area contributed by atoms with Crippen molar-refractivity contribution in [3.05, 3.63) is 36.1 Å². The van der Waals surface area contributed by atoms with Crippen molar-refractivity contribution in [2.24, 2.45) is 0 Å². The van der Waals surface area contributed by atoms with E-state index in [2.05, 4.69) is 9.97 Å². The first-order chi connectivity index (χ1) is 12.4. The highest BCUT2D eigenvalue weighted by Gasteiger charge is 2.29. The maximum Gasteiger partial charge on any atom is 0.321 e. The number of methoxy groups -OCH3 is 2. The van der Waals surface area contributed by atoms with Gasteiger partial charge < -0.3 is 14.4 Å². The van der Waals surface area contributed by atoms with Gasteiger partial charge in [0.25, 0.3) is 0 Å². The van der Waals surface area contributed by atoms with E-state index in [0.717, 1.165) is 12.1 Å². The summed E-state index contributed by atoms with van der Waals surface area (Å²) in [5.74, 6) is 0.501. The second kappa shape index (κ2) is 7.42. The average molecular weight is 382 g/mol. The van der Waals surface area contributed by atoms with Gasteiger partial charge in [-0.15, -0.1) is 0 Å². The Morgan fingerprint density at radius 1 is 1.00 bits per heavy atom. The second-order valence-electron chi connectivity index (χ2n) is 5.60. The SMILES string of the molecule is COc1cc(N2CCN(S(=O)(=O)c3ccc(F)cc3)CC2)nc(OC)n1. The highest BCUT2D eigenvalue weighted by Crippen LogP contribution is 2.24. The summed E-state index contributed by atoms with van der Waals surface area (Å²) in [6, 6.07) is 6.69. The van der Waals surface area contributed by atoms with Crippen LogP contribution in [0.1, 0.15) is 0 Å². The van der Waals surface area contributed by atoms with Crippen LogP contribution in [-0.4, -0.2) is 63.1 Å². The Morgan fingerprint density at radius 3 is 2.23 bits per heavy atom. The number of hydrogen-bond donors (Lipinski definition) is 0. The lowest BCUT2D eigenvalue weighted by Gasteiger charge is -2.34. The molecule has 0 radical (unpaired) electrons. The highest BCUT2D eigenvalue weighted by molar-refractivity contribution is 7.89. The molecule has 0 atom stereocenters. The van der Waals surface area contributed by atoms with Crippen LogP contribution in [0.4, 0.5) is 10.2 Å². The van der Waals surface area contributed by atoms with Crippen molar-refractivity contribution in [2.45, 2.75) is 4.90 Å². The summed E-state index contributed by atoms with van der Waals surface area (Å²) in [5.41, 5.74) is 0. The molecule has 3 rings (SSSR count). The van der Waals surface area contributed by atoms with Gasteiger partial charge in [-0.2, -0.15) is 14.3 Å². The number of halogens is 1.